The number of hydrogen-bond acceptors (Lipinski definition) is 1. The lowest BCUT2D eigenvalue weighted by molar-refractivity contribution is 0.0698. The maximum atomic E-state index is 11.8. The fraction of sp³-hybridized carbons (Fsp3) is 0.560. The Morgan fingerprint density at radius 3 is 2.04 bits per heavy atom. The second kappa shape index (κ2) is 11.8. The number of fused-ring (bicyclic) bond motifs is 1. The van der Waals surface area contributed by atoms with Crippen molar-refractivity contribution in [2.24, 2.45) is 5.92 Å². The summed E-state index contributed by atoms with van der Waals surface area (Å²) in [5, 5.41) is 11.5. The van der Waals surface area contributed by atoms with E-state index in [-0.39, 0.29) is 0 Å². The fourth-order valence-corrected chi connectivity index (χ4v) is 3.88. The van der Waals surface area contributed by atoms with Gasteiger partial charge in [-0.3, -0.25) is 0 Å². The van der Waals surface area contributed by atoms with E-state index in [0.29, 0.717) is 5.56 Å². The zero-order valence-electron chi connectivity index (χ0n) is 17.2. The van der Waals surface area contributed by atoms with Crippen molar-refractivity contribution < 1.29 is 9.90 Å². The summed E-state index contributed by atoms with van der Waals surface area (Å²) in [5.41, 5.74) is 1.47. The van der Waals surface area contributed by atoms with Crippen molar-refractivity contribution in [1.82, 2.24) is 0 Å². The molecule has 2 heteroatoms. The summed E-state index contributed by atoms with van der Waals surface area (Å²) in [4.78, 5) is 11.8. The predicted octanol–water partition coefficient (Wildman–Crippen LogP) is 7.64. The number of carboxylic acids is 1. The van der Waals surface area contributed by atoms with Gasteiger partial charge in [-0.25, -0.2) is 4.79 Å². The molecule has 27 heavy (non-hydrogen) atoms. The van der Waals surface area contributed by atoms with Crippen molar-refractivity contribution in [3.8, 4) is 0 Å². The quantitative estimate of drug-likeness (QED) is 0.369. The maximum Gasteiger partial charge on any atom is 0.336 e. The summed E-state index contributed by atoms with van der Waals surface area (Å²) < 4.78 is 0. The highest BCUT2D eigenvalue weighted by Crippen LogP contribution is 2.24. The van der Waals surface area contributed by atoms with Gasteiger partial charge in [0.15, 0.2) is 0 Å². The van der Waals surface area contributed by atoms with Crippen LogP contribution < -0.4 is 0 Å². The molecule has 0 aliphatic heterocycles. The van der Waals surface area contributed by atoms with Crippen LogP contribution in [0, 0.1) is 5.92 Å². The van der Waals surface area contributed by atoms with Gasteiger partial charge in [-0.1, -0.05) is 108 Å². The van der Waals surface area contributed by atoms with Gasteiger partial charge in [0.25, 0.3) is 0 Å². The molecule has 0 radical (unpaired) electrons. The van der Waals surface area contributed by atoms with E-state index in [1.807, 2.05) is 30.3 Å². The normalized spacial score (nSPS) is 11.4. The molecule has 0 unspecified atom stereocenters. The topological polar surface area (TPSA) is 37.3 Å². The summed E-state index contributed by atoms with van der Waals surface area (Å²) in [6, 6.07) is 11.8. The van der Waals surface area contributed by atoms with Gasteiger partial charge in [-0.05, 0) is 35.1 Å². The molecule has 0 aliphatic carbocycles. The lowest BCUT2D eigenvalue weighted by Crippen LogP contribution is -2.04. The van der Waals surface area contributed by atoms with Crippen molar-refractivity contribution in [1.29, 1.82) is 0 Å². The predicted molar refractivity (Wildman–Crippen MR) is 116 cm³/mol. The van der Waals surface area contributed by atoms with Crippen molar-refractivity contribution >= 4 is 16.7 Å². The molecule has 0 fully saturated rings. The Kier molecular flexibility index (Phi) is 9.38. The fourth-order valence-electron chi connectivity index (χ4n) is 3.88. The first kappa shape index (κ1) is 21.5. The summed E-state index contributed by atoms with van der Waals surface area (Å²) in [6.07, 6.45) is 13.9. The molecule has 0 spiro atoms. The number of benzene rings is 2. The molecule has 0 heterocycles. The van der Waals surface area contributed by atoms with Crippen molar-refractivity contribution in [2.45, 2.75) is 84.5 Å². The lowest BCUT2D eigenvalue weighted by Gasteiger charge is -2.10. The second-order valence-corrected chi connectivity index (χ2v) is 8.24. The van der Waals surface area contributed by atoms with Crippen LogP contribution in [0.25, 0.3) is 10.8 Å². The second-order valence-electron chi connectivity index (χ2n) is 8.24. The third-order valence-electron chi connectivity index (χ3n) is 5.46. The van der Waals surface area contributed by atoms with Gasteiger partial charge in [-0.2, -0.15) is 0 Å². The van der Waals surface area contributed by atoms with Crippen LogP contribution in [0.5, 0.6) is 0 Å². The van der Waals surface area contributed by atoms with Gasteiger partial charge >= 0.3 is 5.97 Å². The maximum absolute atomic E-state index is 11.8. The molecule has 148 valence electrons. The minimum Gasteiger partial charge on any atom is -0.478 e. The van der Waals surface area contributed by atoms with Gasteiger partial charge in [-0.15, -0.1) is 0 Å². The molecule has 0 bridgehead atoms. The molecule has 2 nitrogen and oxygen atoms in total. The number of unbranched alkanes of at least 4 members (excludes halogenated alkanes) is 8. The zero-order chi connectivity index (χ0) is 19.5. The SMILES string of the molecule is CC(C)CCCCCCCCCCCc1ccc2ccccc2c1C(=O)O. The first-order valence-corrected chi connectivity index (χ1v) is 10.8. The molecule has 1 N–H and O–H groups in total. The highest BCUT2D eigenvalue weighted by Gasteiger charge is 2.13. The Hall–Kier alpha value is -1.83. The van der Waals surface area contributed by atoms with E-state index < -0.39 is 5.97 Å². The van der Waals surface area contributed by atoms with Crippen LogP contribution in [-0.4, -0.2) is 11.1 Å². The molecule has 2 aromatic rings. The van der Waals surface area contributed by atoms with Crippen LogP contribution in [-0.2, 0) is 6.42 Å². The summed E-state index contributed by atoms with van der Waals surface area (Å²) >= 11 is 0. The summed E-state index contributed by atoms with van der Waals surface area (Å²) in [7, 11) is 0. The Morgan fingerprint density at radius 1 is 0.815 bits per heavy atom. The van der Waals surface area contributed by atoms with E-state index >= 15 is 0 Å². The molecule has 0 atom stereocenters. The molecule has 2 aromatic carbocycles. The molecule has 0 amide bonds. The van der Waals surface area contributed by atoms with Gasteiger partial charge in [0, 0.05) is 0 Å². The van der Waals surface area contributed by atoms with Gasteiger partial charge < -0.3 is 5.11 Å². The van der Waals surface area contributed by atoms with Crippen molar-refractivity contribution in [3.05, 3.63) is 47.5 Å². The largest absolute Gasteiger partial charge is 0.478 e. The Bertz CT molecular complexity index is 703. The number of aromatic carboxylic acids is 1. The van der Waals surface area contributed by atoms with Crippen LogP contribution in [0.3, 0.4) is 0 Å². The van der Waals surface area contributed by atoms with Gasteiger partial charge in [0.05, 0.1) is 5.56 Å². The van der Waals surface area contributed by atoms with E-state index in [0.717, 1.165) is 35.1 Å². The Morgan fingerprint density at radius 2 is 1.41 bits per heavy atom. The highest BCUT2D eigenvalue weighted by atomic mass is 16.4. The first-order valence-electron chi connectivity index (χ1n) is 10.8. The number of aryl methyl sites for hydroxylation is 1. The Balaban J connectivity index is 1.66. The minimum atomic E-state index is -0.806. The molecule has 0 saturated heterocycles. The van der Waals surface area contributed by atoms with E-state index in [2.05, 4.69) is 19.9 Å². The summed E-state index contributed by atoms with van der Waals surface area (Å²) in [6.45, 7) is 4.61. The van der Waals surface area contributed by atoms with Crippen LogP contribution in [0.1, 0.15) is 94.0 Å². The van der Waals surface area contributed by atoms with Crippen LogP contribution in [0.15, 0.2) is 36.4 Å². The lowest BCUT2D eigenvalue weighted by atomic mass is 9.95. The van der Waals surface area contributed by atoms with Crippen LogP contribution in [0.4, 0.5) is 0 Å². The Labute approximate surface area is 165 Å². The van der Waals surface area contributed by atoms with Crippen molar-refractivity contribution in [2.75, 3.05) is 0 Å². The monoisotopic (exact) mass is 368 g/mol. The van der Waals surface area contributed by atoms with E-state index in [4.69, 9.17) is 0 Å². The third-order valence-corrected chi connectivity index (χ3v) is 5.46. The first-order chi connectivity index (χ1) is 13.1. The summed E-state index contributed by atoms with van der Waals surface area (Å²) in [5.74, 6) is 0.0357. The van der Waals surface area contributed by atoms with Gasteiger partial charge in [0.2, 0.25) is 0 Å². The third kappa shape index (κ3) is 7.36. The number of carboxylic acid groups (broad SMARTS) is 1. The molecular weight excluding hydrogens is 332 g/mol. The van der Waals surface area contributed by atoms with Crippen LogP contribution in [0.2, 0.25) is 0 Å². The van der Waals surface area contributed by atoms with Crippen molar-refractivity contribution in [3.63, 3.8) is 0 Å². The highest BCUT2D eigenvalue weighted by molar-refractivity contribution is 6.05. The van der Waals surface area contributed by atoms with Crippen LogP contribution >= 0.6 is 0 Å². The average molecular weight is 369 g/mol. The number of rotatable bonds is 13. The van der Waals surface area contributed by atoms with E-state index in [1.165, 1.54) is 57.8 Å². The molecule has 0 saturated carbocycles. The minimum absolute atomic E-state index is 0.495. The average Bonchev–Trinajstić information content (AvgIpc) is 2.65. The van der Waals surface area contributed by atoms with Gasteiger partial charge in [0.1, 0.15) is 0 Å². The molecule has 0 aliphatic rings. The standard InChI is InChI=1S/C25H36O2/c1-20(2)14-10-8-6-4-3-5-7-9-11-16-22-19-18-21-15-12-13-17-23(21)24(22)25(26)27/h12-13,15,17-20H,3-11,14,16H2,1-2H3,(H,26,27). The number of carbonyl (C=O) groups is 1. The van der Waals surface area contributed by atoms with E-state index in [9.17, 15) is 9.90 Å². The molecule has 0 aromatic heterocycles. The molecule has 2 rings (SSSR count). The molecular formula is C25H36O2. The van der Waals surface area contributed by atoms with E-state index in [1.54, 1.807) is 0 Å². The zero-order valence-corrected chi connectivity index (χ0v) is 17.2. The smallest absolute Gasteiger partial charge is 0.336 e. The number of hydrogen-bond donors (Lipinski definition) is 1.